The van der Waals surface area contributed by atoms with E-state index in [0.717, 1.165) is 11.3 Å². The van der Waals surface area contributed by atoms with Crippen LogP contribution in [0.4, 0.5) is 0 Å². The minimum atomic E-state index is -0.255. The van der Waals surface area contributed by atoms with E-state index in [-0.39, 0.29) is 11.4 Å². The van der Waals surface area contributed by atoms with Crippen LogP contribution in [0.15, 0.2) is 23.1 Å². The Hall–Kier alpha value is -1.16. The van der Waals surface area contributed by atoms with E-state index in [9.17, 15) is 4.79 Å². The van der Waals surface area contributed by atoms with Gasteiger partial charge in [-0.15, -0.1) is 0 Å². The summed E-state index contributed by atoms with van der Waals surface area (Å²) in [5, 5.41) is 0. The predicted octanol–water partition coefficient (Wildman–Crippen LogP) is 2.69. The van der Waals surface area contributed by atoms with Crippen LogP contribution in [-0.2, 0) is 4.74 Å². The summed E-state index contributed by atoms with van der Waals surface area (Å²) in [4.78, 5) is 12.6. The summed E-state index contributed by atoms with van der Waals surface area (Å²) in [6, 6.07) is 5.48. The van der Waals surface area contributed by atoms with Crippen LogP contribution in [-0.4, -0.2) is 18.5 Å². The van der Waals surface area contributed by atoms with E-state index in [1.165, 1.54) is 0 Å². The standard InChI is InChI=1S/C11H12O3S/c1-3-10-14-11(12)8-6-7(13-2)4-5-9(8)15-10/h4-6,10H,3H2,1-2H3. The molecule has 0 aromatic heterocycles. The second-order valence-electron chi connectivity index (χ2n) is 3.22. The molecular formula is C11H12O3S. The third-order valence-electron chi connectivity index (χ3n) is 2.24. The number of cyclic esters (lactones) is 1. The van der Waals surface area contributed by atoms with Crippen molar-refractivity contribution in [2.45, 2.75) is 23.7 Å². The van der Waals surface area contributed by atoms with Crippen molar-refractivity contribution < 1.29 is 14.3 Å². The predicted molar refractivity (Wildman–Crippen MR) is 58.3 cm³/mol. The summed E-state index contributed by atoms with van der Waals surface area (Å²) < 4.78 is 10.3. The Morgan fingerprint density at radius 1 is 1.53 bits per heavy atom. The fourth-order valence-corrected chi connectivity index (χ4v) is 2.41. The molecule has 1 aliphatic heterocycles. The van der Waals surface area contributed by atoms with Crippen molar-refractivity contribution in [3.05, 3.63) is 23.8 Å². The molecule has 0 saturated carbocycles. The fourth-order valence-electron chi connectivity index (χ4n) is 1.41. The Labute approximate surface area is 92.8 Å². The average molecular weight is 224 g/mol. The van der Waals surface area contributed by atoms with Gasteiger partial charge in [0, 0.05) is 4.90 Å². The molecule has 15 heavy (non-hydrogen) atoms. The lowest BCUT2D eigenvalue weighted by Gasteiger charge is -2.23. The molecule has 0 aliphatic carbocycles. The SMILES string of the molecule is CCC1OC(=O)c2cc(OC)ccc2S1. The molecule has 1 aromatic rings. The van der Waals surface area contributed by atoms with Gasteiger partial charge in [-0.25, -0.2) is 4.79 Å². The number of methoxy groups -OCH3 is 1. The van der Waals surface area contributed by atoms with Crippen LogP contribution < -0.4 is 4.74 Å². The van der Waals surface area contributed by atoms with Crippen LogP contribution >= 0.6 is 11.8 Å². The molecule has 1 atom stereocenters. The van der Waals surface area contributed by atoms with E-state index in [1.807, 2.05) is 19.1 Å². The highest BCUT2D eigenvalue weighted by molar-refractivity contribution is 8.00. The highest BCUT2D eigenvalue weighted by Crippen LogP contribution is 2.36. The van der Waals surface area contributed by atoms with E-state index in [0.29, 0.717) is 11.3 Å². The zero-order valence-electron chi connectivity index (χ0n) is 8.65. The van der Waals surface area contributed by atoms with E-state index < -0.39 is 0 Å². The van der Waals surface area contributed by atoms with Gasteiger partial charge in [0.15, 0.2) is 5.44 Å². The number of benzene rings is 1. The van der Waals surface area contributed by atoms with Gasteiger partial charge in [0.25, 0.3) is 0 Å². The van der Waals surface area contributed by atoms with Crippen molar-refractivity contribution >= 4 is 17.7 Å². The minimum absolute atomic E-state index is 0.0570. The number of ether oxygens (including phenoxy) is 2. The van der Waals surface area contributed by atoms with Crippen molar-refractivity contribution in [2.24, 2.45) is 0 Å². The van der Waals surface area contributed by atoms with Gasteiger partial charge in [0.1, 0.15) is 5.75 Å². The van der Waals surface area contributed by atoms with Gasteiger partial charge in [-0.1, -0.05) is 18.7 Å². The summed E-state index contributed by atoms with van der Waals surface area (Å²) in [5.41, 5.74) is 0.544. The first kappa shape index (κ1) is 10.4. The topological polar surface area (TPSA) is 35.5 Å². The Kier molecular flexibility index (Phi) is 2.86. The lowest BCUT2D eigenvalue weighted by atomic mass is 10.2. The van der Waals surface area contributed by atoms with E-state index in [4.69, 9.17) is 9.47 Å². The van der Waals surface area contributed by atoms with Crippen molar-refractivity contribution in [1.29, 1.82) is 0 Å². The van der Waals surface area contributed by atoms with Crippen LogP contribution in [0, 0.1) is 0 Å². The molecule has 80 valence electrons. The maximum absolute atomic E-state index is 11.6. The second kappa shape index (κ2) is 4.14. The number of thioether (sulfide) groups is 1. The van der Waals surface area contributed by atoms with Gasteiger partial charge < -0.3 is 9.47 Å². The molecule has 0 amide bonds. The molecular weight excluding hydrogens is 212 g/mol. The van der Waals surface area contributed by atoms with Crippen LogP contribution in [0.3, 0.4) is 0 Å². The number of fused-ring (bicyclic) bond motifs is 1. The molecule has 4 heteroatoms. The molecule has 0 fully saturated rings. The van der Waals surface area contributed by atoms with Gasteiger partial charge in [0.2, 0.25) is 0 Å². The highest BCUT2D eigenvalue weighted by atomic mass is 32.2. The first-order valence-electron chi connectivity index (χ1n) is 4.80. The van der Waals surface area contributed by atoms with Crippen LogP contribution in [0.5, 0.6) is 5.75 Å². The Morgan fingerprint density at radius 3 is 3.00 bits per heavy atom. The fraction of sp³-hybridized carbons (Fsp3) is 0.364. The third-order valence-corrected chi connectivity index (χ3v) is 3.54. The van der Waals surface area contributed by atoms with E-state index in [2.05, 4.69) is 0 Å². The molecule has 0 N–H and O–H groups in total. The molecule has 1 aliphatic rings. The maximum atomic E-state index is 11.6. The monoisotopic (exact) mass is 224 g/mol. The van der Waals surface area contributed by atoms with Crippen LogP contribution in [0.2, 0.25) is 0 Å². The number of esters is 1. The first-order chi connectivity index (χ1) is 7.24. The van der Waals surface area contributed by atoms with Crippen LogP contribution in [0.1, 0.15) is 23.7 Å². The quantitative estimate of drug-likeness (QED) is 0.723. The lowest BCUT2D eigenvalue weighted by Crippen LogP contribution is -2.20. The normalized spacial score (nSPS) is 19.3. The molecule has 1 aromatic carbocycles. The number of carbonyl (C=O) groups is 1. The second-order valence-corrected chi connectivity index (χ2v) is 4.42. The van der Waals surface area contributed by atoms with Crippen molar-refractivity contribution in [2.75, 3.05) is 7.11 Å². The van der Waals surface area contributed by atoms with Gasteiger partial charge in [-0.2, -0.15) is 0 Å². The number of rotatable bonds is 2. The summed E-state index contributed by atoms with van der Waals surface area (Å²) in [6.45, 7) is 2.00. The molecule has 0 spiro atoms. The Morgan fingerprint density at radius 2 is 2.33 bits per heavy atom. The number of hydrogen-bond donors (Lipinski definition) is 0. The van der Waals surface area contributed by atoms with Crippen molar-refractivity contribution in [3.8, 4) is 5.75 Å². The Bertz CT molecular complexity index is 389. The van der Waals surface area contributed by atoms with Crippen LogP contribution in [0.25, 0.3) is 0 Å². The molecule has 2 rings (SSSR count). The highest BCUT2D eigenvalue weighted by Gasteiger charge is 2.26. The van der Waals surface area contributed by atoms with E-state index in [1.54, 1.807) is 24.9 Å². The molecule has 1 heterocycles. The maximum Gasteiger partial charge on any atom is 0.340 e. The number of carbonyl (C=O) groups excluding carboxylic acids is 1. The van der Waals surface area contributed by atoms with Crippen molar-refractivity contribution in [3.63, 3.8) is 0 Å². The van der Waals surface area contributed by atoms with Gasteiger partial charge in [-0.3, -0.25) is 0 Å². The average Bonchev–Trinajstić information content (AvgIpc) is 2.28. The molecule has 3 nitrogen and oxygen atoms in total. The van der Waals surface area contributed by atoms with E-state index >= 15 is 0 Å². The molecule has 0 bridgehead atoms. The largest absolute Gasteiger partial charge is 0.497 e. The van der Waals surface area contributed by atoms with Gasteiger partial charge >= 0.3 is 5.97 Å². The summed E-state index contributed by atoms with van der Waals surface area (Å²) in [7, 11) is 1.58. The minimum Gasteiger partial charge on any atom is -0.497 e. The summed E-state index contributed by atoms with van der Waals surface area (Å²) >= 11 is 1.58. The van der Waals surface area contributed by atoms with Gasteiger partial charge in [0.05, 0.1) is 12.7 Å². The Balaban J connectivity index is 2.37. The third kappa shape index (κ3) is 1.95. The molecule has 1 unspecified atom stereocenters. The molecule has 0 saturated heterocycles. The summed E-state index contributed by atoms with van der Waals surface area (Å²) in [5.74, 6) is 0.427. The zero-order valence-corrected chi connectivity index (χ0v) is 9.47. The lowest BCUT2D eigenvalue weighted by molar-refractivity contribution is 0.0436. The first-order valence-corrected chi connectivity index (χ1v) is 5.68. The molecule has 0 radical (unpaired) electrons. The smallest absolute Gasteiger partial charge is 0.340 e. The van der Waals surface area contributed by atoms with Gasteiger partial charge in [-0.05, 0) is 24.6 Å². The summed E-state index contributed by atoms with van der Waals surface area (Å²) in [6.07, 6.45) is 0.821. The number of hydrogen-bond acceptors (Lipinski definition) is 4. The zero-order chi connectivity index (χ0) is 10.8. The van der Waals surface area contributed by atoms with Crippen molar-refractivity contribution in [1.82, 2.24) is 0 Å².